The lowest BCUT2D eigenvalue weighted by molar-refractivity contribution is -0.122. The van der Waals surface area contributed by atoms with Crippen molar-refractivity contribution >= 4 is 18.3 Å². The van der Waals surface area contributed by atoms with Gasteiger partial charge < -0.3 is 15.8 Å². The van der Waals surface area contributed by atoms with Gasteiger partial charge in [-0.1, -0.05) is 32.0 Å². The maximum Gasteiger partial charge on any atom is 0.237 e. The first-order valence-corrected chi connectivity index (χ1v) is 8.34. The van der Waals surface area contributed by atoms with Crippen LogP contribution in [0.2, 0.25) is 0 Å². The second-order valence-corrected chi connectivity index (χ2v) is 6.59. The van der Waals surface area contributed by atoms with Crippen LogP contribution in [0, 0.1) is 5.92 Å². The number of nitrogens with one attached hydrogen (secondary N) is 1. The standard InChI is InChI=1S/C18H28N2O2.ClH/c1-13(2)11-16(19)18(21)20-12-14-7-3-6-10-17(14)22-15-8-4-5-9-15;/h3,6-7,10,13,15-16H,4-5,8-9,11-12,19H2,1-2H3,(H,20,21);1H/t16-;/m0./s1. The summed E-state index contributed by atoms with van der Waals surface area (Å²) < 4.78 is 6.08. The highest BCUT2D eigenvalue weighted by molar-refractivity contribution is 5.85. The first-order chi connectivity index (χ1) is 10.6. The highest BCUT2D eigenvalue weighted by Crippen LogP contribution is 2.26. The van der Waals surface area contributed by atoms with Crippen molar-refractivity contribution in [2.45, 2.75) is 64.6 Å². The summed E-state index contributed by atoms with van der Waals surface area (Å²) in [5, 5.41) is 2.93. The number of hydrogen-bond donors (Lipinski definition) is 2. The minimum atomic E-state index is -0.442. The molecule has 1 aliphatic carbocycles. The molecule has 23 heavy (non-hydrogen) atoms. The Hall–Kier alpha value is -1.26. The van der Waals surface area contributed by atoms with Gasteiger partial charge in [-0.05, 0) is 44.1 Å². The average Bonchev–Trinajstić information content (AvgIpc) is 2.98. The highest BCUT2D eigenvalue weighted by Gasteiger charge is 2.19. The molecule has 130 valence electrons. The molecular weight excluding hydrogens is 312 g/mol. The molecule has 1 fully saturated rings. The van der Waals surface area contributed by atoms with Gasteiger partial charge in [0.15, 0.2) is 0 Å². The van der Waals surface area contributed by atoms with E-state index >= 15 is 0 Å². The number of benzene rings is 1. The second kappa shape index (κ2) is 9.78. The van der Waals surface area contributed by atoms with Gasteiger partial charge in [0.05, 0.1) is 12.1 Å². The van der Waals surface area contributed by atoms with Crippen molar-refractivity contribution in [1.82, 2.24) is 5.32 Å². The minimum absolute atomic E-state index is 0. The van der Waals surface area contributed by atoms with Crippen molar-refractivity contribution in [2.24, 2.45) is 11.7 Å². The van der Waals surface area contributed by atoms with E-state index in [4.69, 9.17) is 10.5 Å². The Morgan fingerprint density at radius 3 is 2.61 bits per heavy atom. The zero-order valence-corrected chi connectivity index (χ0v) is 14.9. The predicted molar refractivity (Wildman–Crippen MR) is 95.9 cm³/mol. The molecule has 0 unspecified atom stereocenters. The summed E-state index contributed by atoms with van der Waals surface area (Å²) in [7, 11) is 0. The second-order valence-electron chi connectivity index (χ2n) is 6.59. The fourth-order valence-corrected chi connectivity index (χ4v) is 2.88. The zero-order valence-electron chi connectivity index (χ0n) is 14.1. The van der Waals surface area contributed by atoms with Crippen LogP contribution >= 0.6 is 12.4 Å². The van der Waals surface area contributed by atoms with Crippen LogP contribution in [0.5, 0.6) is 5.75 Å². The molecule has 1 aromatic carbocycles. The van der Waals surface area contributed by atoms with Crippen molar-refractivity contribution in [2.75, 3.05) is 0 Å². The molecule has 0 spiro atoms. The zero-order chi connectivity index (χ0) is 15.9. The summed E-state index contributed by atoms with van der Waals surface area (Å²) in [6, 6.07) is 7.48. The number of carbonyl (C=O) groups is 1. The van der Waals surface area contributed by atoms with Gasteiger partial charge in [-0.3, -0.25) is 4.79 Å². The normalized spacial score (nSPS) is 16.0. The van der Waals surface area contributed by atoms with E-state index in [1.165, 1.54) is 12.8 Å². The van der Waals surface area contributed by atoms with Crippen LogP contribution in [-0.2, 0) is 11.3 Å². The van der Waals surface area contributed by atoms with Crippen LogP contribution in [-0.4, -0.2) is 18.1 Å². The Balaban J connectivity index is 0.00000264. The molecule has 1 atom stereocenters. The maximum atomic E-state index is 12.0. The lowest BCUT2D eigenvalue weighted by atomic mass is 10.0. The van der Waals surface area contributed by atoms with Crippen molar-refractivity contribution in [3.63, 3.8) is 0 Å². The molecule has 1 saturated carbocycles. The van der Waals surface area contributed by atoms with Crippen LogP contribution in [0.15, 0.2) is 24.3 Å². The van der Waals surface area contributed by atoms with Crippen LogP contribution in [0.25, 0.3) is 0 Å². The van der Waals surface area contributed by atoms with E-state index < -0.39 is 6.04 Å². The number of ether oxygens (including phenoxy) is 1. The summed E-state index contributed by atoms with van der Waals surface area (Å²) in [6.45, 7) is 4.60. The molecule has 2 rings (SSSR count). The van der Waals surface area contributed by atoms with E-state index in [9.17, 15) is 4.79 Å². The summed E-state index contributed by atoms with van der Waals surface area (Å²) >= 11 is 0. The van der Waals surface area contributed by atoms with Crippen LogP contribution < -0.4 is 15.8 Å². The van der Waals surface area contributed by atoms with Gasteiger partial charge in [0.25, 0.3) is 0 Å². The van der Waals surface area contributed by atoms with Gasteiger partial charge in [0.2, 0.25) is 5.91 Å². The average molecular weight is 341 g/mol. The van der Waals surface area contributed by atoms with Crippen LogP contribution in [0.3, 0.4) is 0 Å². The van der Waals surface area contributed by atoms with E-state index in [2.05, 4.69) is 19.2 Å². The molecule has 0 radical (unpaired) electrons. The third-order valence-electron chi connectivity index (χ3n) is 4.08. The number of para-hydroxylation sites is 1. The van der Waals surface area contributed by atoms with Gasteiger partial charge in [0.1, 0.15) is 5.75 Å². The van der Waals surface area contributed by atoms with E-state index in [1.54, 1.807) is 0 Å². The van der Waals surface area contributed by atoms with Gasteiger partial charge in [-0.15, -0.1) is 12.4 Å². The molecule has 4 nitrogen and oxygen atoms in total. The lowest BCUT2D eigenvalue weighted by Gasteiger charge is -2.18. The van der Waals surface area contributed by atoms with Gasteiger partial charge in [-0.25, -0.2) is 0 Å². The summed E-state index contributed by atoms with van der Waals surface area (Å²) in [5.41, 5.74) is 6.92. The molecular formula is C18H29ClN2O2. The molecule has 0 saturated heterocycles. The molecule has 0 aromatic heterocycles. The number of nitrogens with two attached hydrogens (primary N) is 1. The van der Waals surface area contributed by atoms with Crippen LogP contribution in [0.1, 0.15) is 51.5 Å². The van der Waals surface area contributed by atoms with Gasteiger partial charge >= 0.3 is 0 Å². The van der Waals surface area contributed by atoms with E-state index in [0.717, 1.165) is 24.2 Å². The highest BCUT2D eigenvalue weighted by atomic mass is 35.5. The van der Waals surface area contributed by atoms with Crippen molar-refractivity contribution < 1.29 is 9.53 Å². The SMILES string of the molecule is CC(C)C[C@H](N)C(=O)NCc1ccccc1OC1CCCC1.Cl. The molecule has 1 amide bonds. The summed E-state index contributed by atoms with van der Waals surface area (Å²) in [5.74, 6) is 1.20. The fourth-order valence-electron chi connectivity index (χ4n) is 2.88. The largest absolute Gasteiger partial charge is 0.490 e. The Labute approximate surface area is 145 Å². The molecule has 5 heteroatoms. The Kier molecular flexibility index (Phi) is 8.42. The lowest BCUT2D eigenvalue weighted by Crippen LogP contribution is -2.41. The molecule has 1 aromatic rings. The van der Waals surface area contributed by atoms with E-state index in [-0.39, 0.29) is 18.3 Å². The monoisotopic (exact) mass is 340 g/mol. The predicted octanol–water partition coefficient (Wildman–Crippen LogP) is 3.42. The van der Waals surface area contributed by atoms with E-state index in [0.29, 0.717) is 25.0 Å². The van der Waals surface area contributed by atoms with Crippen molar-refractivity contribution in [3.05, 3.63) is 29.8 Å². The third-order valence-corrected chi connectivity index (χ3v) is 4.08. The quantitative estimate of drug-likeness (QED) is 0.799. The number of amides is 1. The van der Waals surface area contributed by atoms with Crippen molar-refractivity contribution in [1.29, 1.82) is 0 Å². The Morgan fingerprint density at radius 1 is 1.30 bits per heavy atom. The smallest absolute Gasteiger partial charge is 0.237 e. The number of rotatable bonds is 7. The molecule has 3 N–H and O–H groups in total. The van der Waals surface area contributed by atoms with Crippen molar-refractivity contribution in [3.8, 4) is 5.75 Å². The first-order valence-electron chi connectivity index (χ1n) is 8.34. The number of carbonyl (C=O) groups excluding carboxylic acids is 1. The van der Waals surface area contributed by atoms with Crippen LogP contribution in [0.4, 0.5) is 0 Å². The Morgan fingerprint density at radius 2 is 1.96 bits per heavy atom. The first kappa shape index (κ1) is 19.8. The van der Waals surface area contributed by atoms with E-state index in [1.807, 2.05) is 24.3 Å². The third kappa shape index (κ3) is 6.40. The maximum absolute atomic E-state index is 12.0. The topological polar surface area (TPSA) is 64.4 Å². The molecule has 0 aliphatic heterocycles. The molecule has 0 heterocycles. The summed E-state index contributed by atoms with van der Waals surface area (Å²) in [6.07, 6.45) is 5.76. The Bertz CT molecular complexity index is 488. The molecule has 0 bridgehead atoms. The number of halogens is 1. The number of hydrogen-bond acceptors (Lipinski definition) is 3. The van der Waals surface area contributed by atoms with Gasteiger partial charge in [-0.2, -0.15) is 0 Å². The fraction of sp³-hybridized carbons (Fsp3) is 0.611. The molecule has 1 aliphatic rings. The minimum Gasteiger partial charge on any atom is -0.490 e. The van der Waals surface area contributed by atoms with Gasteiger partial charge in [0, 0.05) is 12.1 Å². The summed E-state index contributed by atoms with van der Waals surface area (Å²) in [4.78, 5) is 12.0.